The van der Waals surface area contributed by atoms with E-state index in [2.05, 4.69) is 0 Å². The van der Waals surface area contributed by atoms with E-state index < -0.39 is 5.41 Å². The molecule has 0 aliphatic rings. The Morgan fingerprint density at radius 1 is 1.50 bits per heavy atom. The van der Waals surface area contributed by atoms with E-state index in [9.17, 15) is 9.90 Å². The molecule has 0 aliphatic carbocycles. The smallest absolute Gasteiger partial charge is 0.233 e. The Bertz CT molecular complexity index is 388. The summed E-state index contributed by atoms with van der Waals surface area (Å²) < 4.78 is 0. The molecular formula is C12H18N2O2. The maximum atomic E-state index is 12.1. The topological polar surface area (TPSA) is 66.6 Å². The van der Waals surface area contributed by atoms with Crippen LogP contribution in [-0.2, 0) is 4.79 Å². The maximum absolute atomic E-state index is 12.1. The molecule has 0 saturated carbocycles. The number of phenolic OH excluding ortho intramolecular Hbond substituents is 1. The molecule has 4 heteroatoms. The quantitative estimate of drug-likeness (QED) is 0.811. The molecule has 3 N–H and O–H groups in total. The number of anilines is 1. The van der Waals surface area contributed by atoms with Gasteiger partial charge in [-0.15, -0.1) is 0 Å². The van der Waals surface area contributed by atoms with Gasteiger partial charge in [0.1, 0.15) is 5.75 Å². The van der Waals surface area contributed by atoms with Gasteiger partial charge in [0, 0.05) is 25.3 Å². The third kappa shape index (κ3) is 2.52. The van der Waals surface area contributed by atoms with E-state index in [1.54, 1.807) is 45.2 Å². The van der Waals surface area contributed by atoms with E-state index in [1.807, 2.05) is 0 Å². The maximum Gasteiger partial charge on any atom is 0.233 e. The largest absolute Gasteiger partial charge is 0.508 e. The van der Waals surface area contributed by atoms with Gasteiger partial charge in [-0.3, -0.25) is 4.79 Å². The average Bonchev–Trinajstić information content (AvgIpc) is 2.27. The predicted molar refractivity (Wildman–Crippen MR) is 64.4 cm³/mol. The van der Waals surface area contributed by atoms with Crippen molar-refractivity contribution in [1.82, 2.24) is 0 Å². The van der Waals surface area contributed by atoms with Gasteiger partial charge in [-0.05, 0) is 26.0 Å². The molecule has 1 amide bonds. The van der Waals surface area contributed by atoms with Crippen LogP contribution in [0.5, 0.6) is 5.75 Å². The van der Waals surface area contributed by atoms with Crippen LogP contribution in [-0.4, -0.2) is 24.6 Å². The van der Waals surface area contributed by atoms with Crippen LogP contribution < -0.4 is 10.6 Å². The fraction of sp³-hybridized carbons (Fsp3) is 0.417. The van der Waals surface area contributed by atoms with Crippen molar-refractivity contribution in [3.8, 4) is 5.75 Å². The van der Waals surface area contributed by atoms with Crippen LogP contribution in [0.1, 0.15) is 13.8 Å². The number of aromatic hydroxyl groups is 1. The molecule has 0 radical (unpaired) electrons. The lowest BCUT2D eigenvalue weighted by Crippen LogP contribution is -2.42. The van der Waals surface area contributed by atoms with Crippen molar-refractivity contribution in [2.75, 3.05) is 18.5 Å². The standard InChI is InChI=1S/C12H18N2O2/c1-12(2,8-13)11(16)14(3)9-5-4-6-10(15)7-9/h4-7,15H,8,13H2,1-3H3. The second kappa shape index (κ2) is 4.53. The van der Waals surface area contributed by atoms with Crippen molar-refractivity contribution in [3.63, 3.8) is 0 Å². The van der Waals surface area contributed by atoms with Crippen molar-refractivity contribution >= 4 is 11.6 Å². The highest BCUT2D eigenvalue weighted by atomic mass is 16.3. The van der Waals surface area contributed by atoms with E-state index in [1.165, 1.54) is 4.90 Å². The van der Waals surface area contributed by atoms with Crippen LogP contribution in [0.4, 0.5) is 5.69 Å². The van der Waals surface area contributed by atoms with Crippen LogP contribution >= 0.6 is 0 Å². The molecule has 1 aromatic carbocycles. The summed E-state index contributed by atoms with van der Waals surface area (Å²) in [6, 6.07) is 6.58. The van der Waals surface area contributed by atoms with Crippen molar-refractivity contribution in [1.29, 1.82) is 0 Å². The monoisotopic (exact) mass is 222 g/mol. The number of rotatable bonds is 3. The summed E-state index contributed by atoms with van der Waals surface area (Å²) in [7, 11) is 1.68. The summed E-state index contributed by atoms with van der Waals surface area (Å²) in [5, 5.41) is 9.34. The fourth-order valence-corrected chi connectivity index (χ4v) is 1.36. The number of nitrogens with zero attached hydrogens (tertiary/aromatic N) is 1. The second-order valence-corrected chi connectivity index (χ2v) is 4.47. The highest BCUT2D eigenvalue weighted by Crippen LogP contribution is 2.24. The molecule has 1 aromatic rings. The first-order valence-corrected chi connectivity index (χ1v) is 5.16. The molecule has 0 saturated heterocycles. The lowest BCUT2D eigenvalue weighted by molar-refractivity contribution is -0.125. The van der Waals surface area contributed by atoms with Gasteiger partial charge in [-0.2, -0.15) is 0 Å². The highest BCUT2D eigenvalue weighted by molar-refractivity contribution is 5.96. The Balaban J connectivity index is 2.95. The summed E-state index contributed by atoms with van der Waals surface area (Å²) in [4.78, 5) is 13.6. The Hall–Kier alpha value is -1.55. The first-order chi connectivity index (χ1) is 7.38. The molecule has 4 nitrogen and oxygen atoms in total. The molecule has 0 spiro atoms. The second-order valence-electron chi connectivity index (χ2n) is 4.47. The first-order valence-electron chi connectivity index (χ1n) is 5.16. The van der Waals surface area contributed by atoms with Gasteiger partial charge < -0.3 is 15.7 Å². The van der Waals surface area contributed by atoms with Gasteiger partial charge >= 0.3 is 0 Å². The molecule has 0 bridgehead atoms. The van der Waals surface area contributed by atoms with Crippen LogP contribution in [0, 0.1) is 5.41 Å². The molecule has 1 rings (SSSR count). The van der Waals surface area contributed by atoms with Crippen molar-refractivity contribution in [2.45, 2.75) is 13.8 Å². The minimum atomic E-state index is -0.597. The number of hydrogen-bond acceptors (Lipinski definition) is 3. The van der Waals surface area contributed by atoms with Crippen LogP contribution in [0.2, 0.25) is 0 Å². The number of phenols is 1. The zero-order valence-electron chi connectivity index (χ0n) is 9.90. The van der Waals surface area contributed by atoms with Crippen LogP contribution in [0.25, 0.3) is 0 Å². The predicted octanol–water partition coefficient (Wildman–Crippen LogP) is 1.34. The van der Waals surface area contributed by atoms with Crippen molar-refractivity contribution in [2.24, 2.45) is 11.1 Å². The molecule has 0 fully saturated rings. The number of carbonyl (C=O) groups excluding carboxylic acids is 1. The lowest BCUT2D eigenvalue weighted by atomic mass is 9.92. The summed E-state index contributed by atoms with van der Waals surface area (Å²) >= 11 is 0. The van der Waals surface area contributed by atoms with E-state index in [0.29, 0.717) is 5.69 Å². The lowest BCUT2D eigenvalue weighted by Gasteiger charge is -2.28. The van der Waals surface area contributed by atoms with E-state index in [4.69, 9.17) is 5.73 Å². The van der Waals surface area contributed by atoms with Gasteiger partial charge in [0.25, 0.3) is 0 Å². The van der Waals surface area contributed by atoms with Gasteiger partial charge in [-0.1, -0.05) is 6.07 Å². The highest BCUT2D eigenvalue weighted by Gasteiger charge is 2.29. The Morgan fingerprint density at radius 3 is 2.62 bits per heavy atom. The molecule has 0 aliphatic heterocycles. The van der Waals surface area contributed by atoms with E-state index in [0.717, 1.165) is 0 Å². The van der Waals surface area contributed by atoms with Crippen LogP contribution in [0.15, 0.2) is 24.3 Å². The molecular weight excluding hydrogens is 204 g/mol. The van der Waals surface area contributed by atoms with Gasteiger partial charge in [0.05, 0.1) is 5.41 Å². The first kappa shape index (κ1) is 12.5. The van der Waals surface area contributed by atoms with Crippen LogP contribution in [0.3, 0.4) is 0 Å². The molecule has 0 aromatic heterocycles. The zero-order valence-corrected chi connectivity index (χ0v) is 9.90. The normalized spacial score (nSPS) is 11.2. The minimum Gasteiger partial charge on any atom is -0.508 e. The molecule has 88 valence electrons. The van der Waals surface area contributed by atoms with Gasteiger partial charge in [0.2, 0.25) is 5.91 Å². The molecule has 0 heterocycles. The number of benzene rings is 1. The fourth-order valence-electron chi connectivity index (χ4n) is 1.36. The van der Waals surface area contributed by atoms with Gasteiger partial charge in [-0.25, -0.2) is 0 Å². The minimum absolute atomic E-state index is 0.0689. The zero-order chi connectivity index (χ0) is 12.3. The van der Waals surface area contributed by atoms with E-state index >= 15 is 0 Å². The summed E-state index contributed by atoms with van der Waals surface area (Å²) in [5.74, 6) is 0.0725. The Kier molecular flexibility index (Phi) is 3.55. The van der Waals surface area contributed by atoms with Crippen molar-refractivity contribution < 1.29 is 9.90 Å². The number of nitrogens with two attached hydrogens (primary N) is 1. The Morgan fingerprint density at radius 2 is 2.12 bits per heavy atom. The third-order valence-electron chi connectivity index (χ3n) is 2.61. The Labute approximate surface area is 95.7 Å². The van der Waals surface area contributed by atoms with E-state index in [-0.39, 0.29) is 18.2 Å². The summed E-state index contributed by atoms with van der Waals surface area (Å²) in [6.45, 7) is 3.89. The van der Waals surface area contributed by atoms with Crippen molar-refractivity contribution in [3.05, 3.63) is 24.3 Å². The van der Waals surface area contributed by atoms with Gasteiger partial charge in [0.15, 0.2) is 0 Å². The average molecular weight is 222 g/mol. The molecule has 0 unspecified atom stereocenters. The molecule has 0 atom stereocenters. The number of hydrogen-bond donors (Lipinski definition) is 2. The summed E-state index contributed by atoms with van der Waals surface area (Å²) in [5.41, 5.74) is 5.62. The SMILES string of the molecule is CN(C(=O)C(C)(C)CN)c1cccc(O)c1. The number of carbonyl (C=O) groups is 1. The summed E-state index contributed by atoms with van der Waals surface area (Å²) in [6.07, 6.45) is 0. The third-order valence-corrected chi connectivity index (χ3v) is 2.61. The number of amides is 1. The molecule has 16 heavy (non-hydrogen) atoms.